The summed E-state index contributed by atoms with van der Waals surface area (Å²) in [6, 6.07) is 7.69. The van der Waals surface area contributed by atoms with Gasteiger partial charge < -0.3 is 14.5 Å². The van der Waals surface area contributed by atoms with Gasteiger partial charge in [-0.2, -0.15) is 0 Å². The molecule has 0 radical (unpaired) electrons. The average molecular weight is 392 g/mol. The highest BCUT2D eigenvalue weighted by atomic mass is 16.5. The van der Waals surface area contributed by atoms with Gasteiger partial charge in [0.15, 0.2) is 5.60 Å². The third kappa shape index (κ3) is 3.29. The van der Waals surface area contributed by atoms with Gasteiger partial charge in [-0.05, 0) is 42.2 Å². The molecule has 2 unspecified atom stereocenters. The van der Waals surface area contributed by atoms with Crippen molar-refractivity contribution < 1.29 is 14.3 Å². The lowest BCUT2D eigenvalue weighted by Gasteiger charge is -2.42. The minimum Gasteiger partial charge on any atom is -0.361 e. The first-order chi connectivity index (χ1) is 14.2. The predicted octanol–water partition coefficient (Wildman–Crippen LogP) is 1.61. The van der Waals surface area contributed by atoms with Gasteiger partial charge in [0.05, 0.1) is 13.2 Å². The Kier molecular flexibility index (Phi) is 4.54. The number of likely N-dealkylation sites (tertiary alicyclic amines) is 1. The van der Waals surface area contributed by atoms with Gasteiger partial charge in [-0.25, -0.2) is 0 Å². The number of rotatable bonds is 4. The molecule has 2 aromatic heterocycles. The summed E-state index contributed by atoms with van der Waals surface area (Å²) < 4.78 is 6.23. The van der Waals surface area contributed by atoms with Crippen molar-refractivity contribution in [1.82, 2.24) is 19.8 Å². The van der Waals surface area contributed by atoms with Gasteiger partial charge in [0, 0.05) is 56.3 Å². The van der Waals surface area contributed by atoms with E-state index in [-0.39, 0.29) is 23.7 Å². The van der Waals surface area contributed by atoms with Crippen LogP contribution in [-0.2, 0) is 20.9 Å². The first-order valence-corrected chi connectivity index (χ1v) is 10.2. The number of carbonyl (C=O) groups excluding carboxylic acids is 2. The van der Waals surface area contributed by atoms with Crippen molar-refractivity contribution in [2.75, 3.05) is 26.2 Å². The number of aromatic nitrogens is 2. The Hall–Kier alpha value is -2.80. The maximum atomic E-state index is 13.7. The van der Waals surface area contributed by atoms with Gasteiger partial charge in [0.2, 0.25) is 5.91 Å². The monoisotopic (exact) mass is 392 g/mol. The molecule has 2 aromatic rings. The molecule has 1 spiro atoms. The van der Waals surface area contributed by atoms with E-state index in [1.54, 1.807) is 24.8 Å². The van der Waals surface area contributed by atoms with Crippen LogP contribution < -0.4 is 0 Å². The summed E-state index contributed by atoms with van der Waals surface area (Å²) >= 11 is 0. The SMILES string of the molecule is O=C(C1CC1)N1CC(c2cccnc2)C2(C1)OCCN(Cc1ccncc1)C2=O. The van der Waals surface area contributed by atoms with Crippen LogP contribution in [-0.4, -0.2) is 63.4 Å². The fourth-order valence-electron chi connectivity index (χ4n) is 4.53. The molecule has 7 heteroatoms. The molecule has 1 saturated carbocycles. The number of ether oxygens (including phenoxy) is 1. The Morgan fingerprint density at radius 3 is 2.72 bits per heavy atom. The van der Waals surface area contributed by atoms with Crippen molar-refractivity contribution in [2.45, 2.75) is 30.9 Å². The van der Waals surface area contributed by atoms with Crippen molar-refractivity contribution >= 4 is 11.8 Å². The van der Waals surface area contributed by atoms with Crippen molar-refractivity contribution in [3.63, 3.8) is 0 Å². The Morgan fingerprint density at radius 2 is 2.00 bits per heavy atom. The fraction of sp³-hybridized carbons (Fsp3) is 0.455. The van der Waals surface area contributed by atoms with Gasteiger partial charge in [-0.3, -0.25) is 19.6 Å². The van der Waals surface area contributed by atoms with Crippen LogP contribution in [0.4, 0.5) is 0 Å². The fourth-order valence-corrected chi connectivity index (χ4v) is 4.53. The number of hydrogen-bond donors (Lipinski definition) is 0. The third-order valence-electron chi connectivity index (χ3n) is 6.21. The van der Waals surface area contributed by atoms with E-state index >= 15 is 0 Å². The molecule has 2 aliphatic heterocycles. The van der Waals surface area contributed by atoms with Crippen LogP contribution in [0.3, 0.4) is 0 Å². The second kappa shape index (κ2) is 7.22. The maximum absolute atomic E-state index is 13.7. The normalized spacial score (nSPS) is 26.9. The van der Waals surface area contributed by atoms with Crippen LogP contribution in [0.2, 0.25) is 0 Å². The van der Waals surface area contributed by atoms with Crippen LogP contribution in [0, 0.1) is 5.92 Å². The van der Waals surface area contributed by atoms with Crippen molar-refractivity contribution in [1.29, 1.82) is 0 Å². The summed E-state index contributed by atoms with van der Waals surface area (Å²) in [7, 11) is 0. The molecule has 29 heavy (non-hydrogen) atoms. The summed E-state index contributed by atoms with van der Waals surface area (Å²) in [5.41, 5.74) is 0.934. The molecule has 1 aliphatic carbocycles. The minimum absolute atomic E-state index is 0.0412. The lowest BCUT2D eigenvalue weighted by atomic mass is 9.83. The van der Waals surface area contributed by atoms with Gasteiger partial charge >= 0.3 is 0 Å². The van der Waals surface area contributed by atoms with Gasteiger partial charge in [-0.15, -0.1) is 0 Å². The Bertz CT molecular complexity index is 903. The number of morpholine rings is 1. The summed E-state index contributed by atoms with van der Waals surface area (Å²) in [5, 5.41) is 0. The lowest BCUT2D eigenvalue weighted by molar-refractivity contribution is -0.173. The van der Waals surface area contributed by atoms with E-state index in [0.29, 0.717) is 32.8 Å². The highest BCUT2D eigenvalue weighted by Crippen LogP contribution is 2.44. The smallest absolute Gasteiger partial charge is 0.257 e. The molecule has 2 atom stereocenters. The first kappa shape index (κ1) is 18.2. The van der Waals surface area contributed by atoms with E-state index in [9.17, 15) is 9.59 Å². The van der Waals surface area contributed by atoms with E-state index in [4.69, 9.17) is 4.74 Å². The standard InChI is InChI=1S/C22H24N4O3/c27-20(17-3-4-17)26-14-19(18-2-1-7-24-12-18)22(15-26)21(28)25(10-11-29-22)13-16-5-8-23-9-6-16/h1-2,5-9,12,17,19H,3-4,10-11,13-15H2. The summed E-state index contributed by atoms with van der Waals surface area (Å²) in [4.78, 5) is 38.5. The number of pyridine rings is 2. The van der Waals surface area contributed by atoms with Crippen LogP contribution in [0.1, 0.15) is 29.9 Å². The molecular weight excluding hydrogens is 368 g/mol. The molecule has 150 valence electrons. The zero-order valence-electron chi connectivity index (χ0n) is 16.2. The quantitative estimate of drug-likeness (QED) is 0.790. The number of amides is 2. The largest absolute Gasteiger partial charge is 0.361 e. The minimum atomic E-state index is -1.04. The molecular formula is C22H24N4O3. The maximum Gasteiger partial charge on any atom is 0.257 e. The van der Waals surface area contributed by atoms with Crippen molar-refractivity contribution in [3.8, 4) is 0 Å². The Labute approximate surface area is 169 Å². The van der Waals surface area contributed by atoms with Gasteiger partial charge in [0.25, 0.3) is 5.91 Å². The average Bonchev–Trinajstić information content (AvgIpc) is 3.54. The second-order valence-electron chi connectivity index (χ2n) is 8.15. The summed E-state index contributed by atoms with van der Waals surface area (Å²) in [6.07, 6.45) is 8.87. The summed E-state index contributed by atoms with van der Waals surface area (Å²) in [5.74, 6) is 0.0110. The number of hydrogen-bond acceptors (Lipinski definition) is 5. The number of nitrogens with zero attached hydrogens (tertiary/aromatic N) is 4. The van der Waals surface area contributed by atoms with E-state index in [1.165, 1.54) is 0 Å². The molecule has 3 aliphatic rings. The van der Waals surface area contributed by atoms with Crippen LogP contribution >= 0.6 is 0 Å². The molecule has 2 saturated heterocycles. The third-order valence-corrected chi connectivity index (χ3v) is 6.21. The molecule has 7 nitrogen and oxygen atoms in total. The highest BCUT2D eigenvalue weighted by molar-refractivity contribution is 5.90. The van der Waals surface area contributed by atoms with E-state index in [0.717, 1.165) is 24.0 Å². The van der Waals surface area contributed by atoms with Gasteiger partial charge in [0.1, 0.15) is 0 Å². The van der Waals surface area contributed by atoms with E-state index in [1.807, 2.05) is 34.1 Å². The zero-order valence-corrected chi connectivity index (χ0v) is 16.2. The first-order valence-electron chi connectivity index (χ1n) is 10.2. The Balaban J connectivity index is 1.47. The van der Waals surface area contributed by atoms with Crippen LogP contribution in [0.25, 0.3) is 0 Å². The van der Waals surface area contributed by atoms with Crippen LogP contribution in [0.15, 0.2) is 49.1 Å². The number of carbonyl (C=O) groups is 2. The second-order valence-corrected chi connectivity index (χ2v) is 8.15. The zero-order chi connectivity index (χ0) is 19.8. The molecule has 3 fully saturated rings. The molecule has 4 heterocycles. The van der Waals surface area contributed by atoms with E-state index < -0.39 is 5.60 Å². The lowest BCUT2D eigenvalue weighted by Crippen LogP contribution is -2.60. The van der Waals surface area contributed by atoms with Crippen molar-refractivity contribution in [2.24, 2.45) is 5.92 Å². The molecule has 0 bridgehead atoms. The highest BCUT2D eigenvalue weighted by Gasteiger charge is 2.58. The Morgan fingerprint density at radius 1 is 1.17 bits per heavy atom. The molecule has 0 N–H and O–H groups in total. The van der Waals surface area contributed by atoms with Crippen molar-refractivity contribution in [3.05, 3.63) is 60.2 Å². The van der Waals surface area contributed by atoms with E-state index in [2.05, 4.69) is 9.97 Å². The molecule has 5 rings (SSSR count). The summed E-state index contributed by atoms with van der Waals surface area (Å²) in [6.45, 7) is 2.32. The topological polar surface area (TPSA) is 75.6 Å². The molecule has 2 amide bonds. The van der Waals surface area contributed by atoms with Gasteiger partial charge in [-0.1, -0.05) is 6.07 Å². The van der Waals surface area contributed by atoms with Crippen LogP contribution in [0.5, 0.6) is 0 Å². The molecule has 0 aromatic carbocycles. The predicted molar refractivity (Wildman–Crippen MR) is 105 cm³/mol.